The Morgan fingerprint density at radius 1 is 0.452 bits per heavy atom. The zero-order chi connectivity index (χ0) is 59.8. The van der Waals surface area contributed by atoms with E-state index in [1.807, 2.05) is 109 Å². The number of hydrogen-bond acceptors (Lipinski definition) is 4. The van der Waals surface area contributed by atoms with E-state index in [2.05, 4.69) is 205 Å². The minimum Gasteiger partial charge on any atom is -0.509 e. The summed E-state index contributed by atoms with van der Waals surface area (Å²) in [6.45, 7) is 23.0. The molecule has 3 heterocycles. The zero-order valence-electron chi connectivity index (χ0n) is 51.9. The van der Waals surface area contributed by atoms with Crippen molar-refractivity contribution in [2.24, 2.45) is 0 Å². The molecular formula is C78H67N4OPt-3. The van der Waals surface area contributed by atoms with Crippen molar-refractivity contribution >= 4 is 44.6 Å². The SMILES string of the molecule is [2H]c1c([2H])c(-c2ccccc2)c(-c2ccc(-n3c4[c-]c(Oc5[c-]c(N6[CH-]N(c7c(-c8ccccc8)cc(C(C)(C)C)cc7-c7cc(C(C)(C)C)cc(C(C)(C)C)c7)c7ccccc76)ccc5)ccc4c4ccccc43)nc2)c(-c2ccccc2)c1[2H].[Pt]. The van der Waals surface area contributed by atoms with Crippen LogP contribution in [0.15, 0.2) is 237 Å². The van der Waals surface area contributed by atoms with Crippen LogP contribution in [-0.4, -0.2) is 9.55 Å². The number of ether oxygens (including phenoxy) is 1. The molecule has 0 saturated heterocycles. The average Bonchev–Trinajstić information content (AvgIpc) is 2.09. The van der Waals surface area contributed by atoms with Gasteiger partial charge in [0.05, 0.1) is 4.11 Å². The molecule has 0 unspecified atom stereocenters. The Balaban J connectivity index is 0.00000739. The molecule has 0 atom stereocenters. The van der Waals surface area contributed by atoms with E-state index in [0.29, 0.717) is 34.0 Å². The van der Waals surface area contributed by atoms with Crippen molar-refractivity contribution in [1.82, 2.24) is 9.55 Å². The van der Waals surface area contributed by atoms with Crippen LogP contribution in [0.4, 0.5) is 22.7 Å². The van der Waals surface area contributed by atoms with E-state index in [0.717, 1.165) is 77.9 Å². The van der Waals surface area contributed by atoms with Crippen LogP contribution < -0.4 is 14.5 Å². The first-order valence-electron chi connectivity index (χ1n) is 30.1. The van der Waals surface area contributed by atoms with Gasteiger partial charge in [0.25, 0.3) is 0 Å². The second-order valence-electron chi connectivity index (χ2n) is 24.8. The van der Waals surface area contributed by atoms with Gasteiger partial charge in [-0.2, -0.15) is 12.1 Å². The molecule has 10 aromatic carbocycles. The molecule has 0 amide bonds. The van der Waals surface area contributed by atoms with Crippen LogP contribution in [0.5, 0.6) is 11.5 Å². The molecule has 0 saturated carbocycles. The molecule has 0 spiro atoms. The van der Waals surface area contributed by atoms with Gasteiger partial charge in [-0.3, -0.25) is 0 Å². The number of rotatable bonds is 10. The van der Waals surface area contributed by atoms with E-state index in [1.165, 1.54) is 22.3 Å². The number of nitrogens with zero attached hydrogens (tertiary/aromatic N) is 4. The van der Waals surface area contributed by atoms with E-state index < -0.39 is 0 Å². The van der Waals surface area contributed by atoms with E-state index in [9.17, 15) is 2.74 Å². The van der Waals surface area contributed by atoms with Crippen LogP contribution in [0.3, 0.4) is 0 Å². The summed E-state index contributed by atoms with van der Waals surface area (Å²) >= 11 is 0. The summed E-state index contributed by atoms with van der Waals surface area (Å²) in [5, 5.41) is 2.04. The molecular weight excluding hydrogens is 1200 g/mol. The maximum atomic E-state index is 9.26. The predicted octanol–water partition coefficient (Wildman–Crippen LogP) is 21.2. The summed E-state index contributed by atoms with van der Waals surface area (Å²) in [4.78, 5) is 9.76. The maximum Gasteiger partial charge on any atom is 0.135 e. The van der Waals surface area contributed by atoms with Crippen LogP contribution in [0.25, 0.3) is 83.3 Å². The van der Waals surface area contributed by atoms with Crippen molar-refractivity contribution in [3.05, 3.63) is 272 Å². The summed E-state index contributed by atoms with van der Waals surface area (Å²) in [7, 11) is 0. The fourth-order valence-corrected chi connectivity index (χ4v) is 11.4. The Morgan fingerprint density at radius 3 is 1.56 bits per heavy atom. The van der Waals surface area contributed by atoms with Gasteiger partial charge in [-0.1, -0.05) is 225 Å². The Morgan fingerprint density at radius 2 is 0.976 bits per heavy atom. The zero-order valence-corrected chi connectivity index (χ0v) is 51.1. The third-order valence-corrected chi connectivity index (χ3v) is 16.0. The second kappa shape index (κ2) is 22.1. The van der Waals surface area contributed by atoms with Crippen molar-refractivity contribution in [2.75, 3.05) is 9.80 Å². The Bertz CT molecular complexity index is 4460. The molecule has 0 N–H and O–H groups in total. The molecule has 84 heavy (non-hydrogen) atoms. The fourth-order valence-electron chi connectivity index (χ4n) is 11.4. The molecule has 1 aliphatic rings. The Kier molecular flexibility index (Phi) is 13.7. The summed E-state index contributed by atoms with van der Waals surface area (Å²) < 4.78 is 36.4. The van der Waals surface area contributed by atoms with Gasteiger partial charge in [-0.05, 0) is 120 Å². The summed E-state index contributed by atoms with van der Waals surface area (Å²) in [5.74, 6) is 1.71. The summed E-state index contributed by atoms with van der Waals surface area (Å²) in [6, 6.07) is 80.5. The molecule has 1 aliphatic heterocycles. The van der Waals surface area contributed by atoms with E-state index in [-0.39, 0.29) is 55.4 Å². The first-order chi connectivity index (χ1) is 41.3. The smallest absolute Gasteiger partial charge is 0.135 e. The normalized spacial score (nSPS) is 13.1. The molecule has 0 fully saturated rings. The number of anilines is 4. The minimum absolute atomic E-state index is 0. The van der Waals surface area contributed by atoms with Gasteiger partial charge in [0.2, 0.25) is 0 Å². The van der Waals surface area contributed by atoms with Crippen molar-refractivity contribution in [1.29, 1.82) is 0 Å². The number of aromatic nitrogens is 2. The topological polar surface area (TPSA) is 33.5 Å². The molecule has 418 valence electrons. The standard InChI is InChI=1S/C78H67N4O.Pt/c1-76(2,3)57-43-56(44-58(45-57)77(4,5)6)68-47-59(78(7,8)9)46-67(54-29-17-12-18-30-54)75(68)81-51-80(70-37-21-22-38-71(70)81)60-31-23-32-61(48-60)83-62-40-41-66-65-33-19-20-36-69(65)82(72(66)49-62)73-42-39-55(50-79-73)74-63(52-25-13-10-14-26-52)34-24-35-64(74)53-27-15-11-16-28-53;/h10-47,50-51H,1-9H3;/q-3;/i24D,34D,35D;. The number of fused-ring (bicyclic) bond motifs is 4. The van der Waals surface area contributed by atoms with Gasteiger partial charge in [-0.15, -0.1) is 48.1 Å². The molecule has 2 aromatic heterocycles. The van der Waals surface area contributed by atoms with Crippen LogP contribution >= 0.6 is 0 Å². The third kappa shape index (κ3) is 10.6. The fraction of sp³-hybridized carbons (Fsp3) is 0.154. The van der Waals surface area contributed by atoms with Crippen LogP contribution in [-0.2, 0) is 37.3 Å². The van der Waals surface area contributed by atoms with Crippen LogP contribution in [0, 0.1) is 18.8 Å². The predicted molar refractivity (Wildman–Crippen MR) is 348 cm³/mol. The molecule has 12 aromatic rings. The largest absolute Gasteiger partial charge is 0.509 e. The molecule has 0 radical (unpaired) electrons. The van der Waals surface area contributed by atoms with Crippen molar-refractivity contribution < 1.29 is 29.9 Å². The molecule has 13 rings (SSSR count). The molecule has 0 bridgehead atoms. The maximum absolute atomic E-state index is 9.26. The molecule has 5 nitrogen and oxygen atoms in total. The number of pyridine rings is 1. The van der Waals surface area contributed by atoms with Crippen molar-refractivity contribution in [2.45, 2.75) is 78.6 Å². The van der Waals surface area contributed by atoms with Crippen molar-refractivity contribution in [3.8, 4) is 73.0 Å². The van der Waals surface area contributed by atoms with Gasteiger partial charge in [0.1, 0.15) is 5.82 Å². The van der Waals surface area contributed by atoms with E-state index in [4.69, 9.17) is 11.1 Å². The Labute approximate surface area is 514 Å². The number of benzene rings is 10. The minimum atomic E-state index is -0.138. The van der Waals surface area contributed by atoms with Gasteiger partial charge in [-0.25, -0.2) is 4.98 Å². The van der Waals surface area contributed by atoms with E-state index >= 15 is 0 Å². The Hall–Kier alpha value is -8.76. The average molecular weight is 1270 g/mol. The van der Waals surface area contributed by atoms with Crippen LogP contribution in [0.1, 0.15) is 83.1 Å². The van der Waals surface area contributed by atoms with Gasteiger partial charge in [0.15, 0.2) is 0 Å². The van der Waals surface area contributed by atoms with Gasteiger partial charge >= 0.3 is 0 Å². The summed E-state index contributed by atoms with van der Waals surface area (Å²) in [5.41, 5.74) is 18.1. The first-order valence-corrected chi connectivity index (χ1v) is 28.6. The van der Waals surface area contributed by atoms with Gasteiger partial charge in [0, 0.05) is 78.0 Å². The van der Waals surface area contributed by atoms with Gasteiger partial charge < -0.3 is 19.1 Å². The third-order valence-electron chi connectivity index (χ3n) is 16.0. The quantitative estimate of drug-likeness (QED) is 0.128. The molecule has 0 aliphatic carbocycles. The second-order valence-corrected chi connectivity index (χ2v) is 24.8. The number of hydrogen-bond donors (Lipinski definition) is 0. The number of para-hydroxylation sites is 3. The first kappa shape index (κ1) is 52.1. The van der Waals surface area contributed by atoms with Crippen LogP contribution in [0.2, 0.25) is 0 Å². The van der Waals surface area contributed by atoms with Crippen molar-refractivity contribution in [3.63, 3.8) is 0 Å². The molecule has 6 heteroatoms. The monoisotopic (exact) mass is 1270 g/mol. The van der Waals surface area contributed by atoms with E-state index in [1.54, 1.807) is 0 Å². The summed E-state index contributed by atoms with van der Waals surface area (Å²) in [6.07, 6.45) is 1.82.